The maximum Gasteiger partial charge on any atom is 0.340 e. The van der Waals surface area contributed by atoms with Crippen molar-refractivity contribution < 1.29 is 19.0 Å². The Morgan fingerprint density at radius 2 is 1.79 bits per heavy atom. The number of nitrogens with zero attached hydrogens (tertiary/aromatic N) is 3. The second kappa shape index (κ2) is 12.5. The first-order valence-electron chi connectivity index (χ1n) is 14.0. The first-order valence-corrected chi connectivity index (χ1v) is 14.0. The number of unbranched alkanes of at least 4 members (excludes halogenated alkanes) is 1. The van der Waals surface area contributed by atoms with E-state index in [1.807, 2.05) is 59.9 Å². The summed E-state index contributed by atoms with van der Waals surface area (Å²) < 4.78 is 18.0. The molecule has 0 saturated carbocycles. The smallest absolute Gasteiger partial charge is 0.340 e. The first kappa shape index (κ1) is 29.9. The molecule has 3 heterocycles. The Morgan fingerprint density at radius 1 is 1.11 bits per heavy atom. The number of hydrogen-bond donors (Lipinski definition) is 0. The lowest BCUT2D eigenvalue weighted by molar-refractivity contribution is -0.171. The van der Waals surface area contributed by atoms with Gasteiger partial charge in [-0.25, -0.2) is 4.79 Å². The summed E-state index contributed by atoms with van der Waals surface area (Å²) in [4.78, 5) is 25.4. The predicted molar refractivity (Wildman–Crippen MR) is 153 cm³/mol. The van der Waals surface area contributed by atoms with E-state index in [4.69, 9.17) is 24.2 Å². The maximum absolute atomic E-state index is 13.5. The van der Waals surface area contributed by atoms with Crippen molar-refractivity contribution in [1.29, 1.82) is 0 Å². The molecule has 3 rings (SSSR count). The van der Waals surface area contributed by atoms with Crippen LogP contribution in [-0.4, -0.2) is 47.3 Å². The molecule has 1 fully saturated rings. The number of carbonyl (C=O) groups is 1. The second-order valence-electron chi connectivity index (χ2n) is 12.3. The molecule has 0 aromatic carbocycles. The topological polar surface area (TPSA) is 73.8 Å². The summed E-state index contributed by atoms with van der Waals surface area (Å²) in [6, 6.07) is 3.93. The summed E-state index contributed by atoms with van der Waals surface area (Å²) in [5, 5.41) is 0. The Hall–Kier alpha value is -2.67. The number of rotatable bonds is 10. The molecule has 38 heavy (non-hydrogen) atoms. The van der Waals surface area contributed by atoms with Crippen molar-refractivity contribution in [2.75, 3.05) is 24.6 Å². The highest BCUT2D eigenvalue weighted by atomic mass is 16.6. The molecule has 2 aromatic rings. The Bertz CT molecular complexity index is 1060. The molecule has 1 aliphatic rings. The minimum Gasteiger partial charge on any atom is -0.492 e. The van der Waals surface area contributed by atoms with Gasteiger partial charge < -0.3 is 19.1 Å². The van der Waals surface area contributed by atoms with Crippen LogP contribution >= 0.6 is 0 Å². The Morgan fingerprint density at radius 3 is 2.34 bits per heavy atom. The van der Waals surface area contributed by atoms with Gasteiger partial charge in [0.15, 0.2) is 6.10 Å². The van der Waals surface area contributed by atoms with Gasteiger partial charge in [0.1, 0.15) is 5.75 Å². The van der Waals surface area contributed by atoms with Crippen LogP contribution < -0.4 is 9.64 Å². The Kier molecular flexibility index (Phi) is 9.80. The maximum atomic E-state index is 13.5. The van der Waals surface area contributed by atoms with Crippen LogP contribution in [0.4, 0.5) is 5.69 Å². The highest BCUT2D eigenvalue weighted by Crippen LogP contribution is 2.43. The van der Waals surface area contributed by atoms with Crippen molar-refractivity contribution in [3.63, 3.8) is 0 Å². The van der Waals surface area contributed by atoms with Gasteiger partial charge in [0.05, 0.1) is 35.9 Å². The van der Waals surface area contributed by atoms with E-state index in [0.717, 1.165) is 72.7 Å². The molecule has 2 aromatic heterocycles. The van der Waals surface area contributed by atoms with E-state index in [0.29, 0.717) is 6.61 Å². The van der Waals surface area contributed by atoms with Crippen LogP contribution in [0.1, 0.15) is 98.4 Å². The molecule has 0 unspecified atom stereocenters. The van der Waals surface area contributed by atoms with E-state index in [1.165, 1.54) is 0 Å². The van der Waals surface area contributed by atoms with E-state index >= 15 is 0 Å². The summed E-state index contributed by atoms with van der Waals surface area (Å²) in [6.45, 7) is 20.7. The largest absolute Gasteiger partial charge is 0.492 e. The summed E-state index contributed by atoms with van der Waals surface area (Å²) in [5.74, 6) is 0.349. The van der Waals surface area contributed by atoms with Gasteiger partial charge in [0.25, 0.3) is 0 Å². The van der Waals surface area contributed by atoms with Crippen molar-refractivity contribution in [2.24, 2.45) is 5.41 Å². The van der Waals surface area contributed by atoms with Gasteiger partial charge in [-0.05, 0) is 78.4 Å². The molecule has 0 spiro atoms. The molecule has 1 saturated heterocycles. The number of ether oxygens (including phenoxy) is 3. The number of piperidine rings is 1. The summed E-state index contributed by atoms with van der Waals surface area (Å²) in [7, 11) is 0. The number of aromatic nitrogens is 2. The minimum atomic E-state index is -0.911. The van der Waals surface area contributed by atoms with Crippen molar-refractivity contribution in [3.05, 3.63) is 35.8 Å². The monoisotopic (exact) mass is 525 g/mol. The molecule has 0 bridgehead atoms. The van der Waals surface area contributed by atoms with Crippen LogP contribution in [0.3, 0.4) is 0 Å². The molecule has 0 radical (unpaired) electrons. The van der Waals surface area contributed by atoms with E-state index in [9.17, 15) is 4.79 Å². The minimum absolute atomic E-state index is 0.258. The van der Waals surface area contributed by atoms with Gasteiger partial charge in [0.2, 0.25) is 0 Å². The number of anilines is 1. The second-order valence-corrected chi connectivity index (χ2v) is 12.3. The Balaban J connectivity index is 2.15. The lowest BCUT2D eigenvalue weighted by atomic mass is 9.82. The lowest BCUT2D eigenvalue weighted by Crippen LogP contribution is -2.39. The third-order valence-electron chi connectivity index (χ3n) is 6.80. The molecular formula is C31H47N3O4. The predicted octanol–water partition coefficient (Wildman–Crippen LogP) is 7.07. The van der Waals surface area contributed by atoms with Crippen LogP contribution in [0.25, 0.3) is 11.3 Å². The molecule has 1 aliphatic heterocycles. The zero-order valence-corrected chi connectivity index (χ0v) is 24.9. The van der Waals surface area contributed by atoms with E-state index in [2.05, 4.69) is 25.7 Å². The van der Waals surface area contributed by atoms with Crippen molar-refractivity contribution in [3.8, 4) is 17.0 Å². The SMILES string of the molecule is CCCCOc1ccc(-c2cnc(C)c([C@H](OC(C)(C)C)C(=O)OC(C)C)c2N2CCC(C)(C)CC2)nc1. The zero-order valence-electron chi connectivity index (χ0n) is 24.9. The quantitative estimate of drug-likeness (QED) is 0.243. The molecular weight excluding hydrogens is 478 g/mol. The molecule has 7 heteroatoms. The van der Waals surface area contributed by atoms with E-state index < -0.39 is 17.7 Å². The van der Waals surface area contributed by atoms with Gasteiger partial charge in [0, 0.05) is 36.1 Å². The number of hydrogen-bond acceptors (Lipinski definition) is 7. The highest BCUT2D eigenvalue weighted by Gasteiger charge is 2.37. The van der Waals surface area contributed by atoms with Crippen LogP contribution in [-0.2, 0) is 14.3 Å². The summed E-state index contributed by atoms with van der Waals surface area (Å²) in [5.41, 5.74) is 3.83. The molecule has 0 aliphatic carbocycles. The molecule has 1 atom stereocenters. The van der Waals surface area contributed by atoms with Gasteiger partial charge in [-0.15, -0.1) is 0 Å². The van der Waals surface area contributed by atoms with Crippen molar-refractivity contribution in [1.82, 2.24) is 9.97 Å². The Labute approximate surface area is 229 Å². The van der Waals surface area contributed by atoms with Gasteiger partial charge in [-0.1, -0.05) is 27.2 Å². The molecule has 0 N–H and O–H groups in total. The molecule has 210 valence electrons. The third-order valence-corrected chi connectivity index (χ3v) is 6.80. The number of pyridine rings is 2. The van der Waals surface area contributed by atoms with Gasteiger partial charge in [-0.3, -0.25) is 9.97 Å². The normalized spacial score (nSPS) is 16.4. The average molecular weight is 526 g/mol. The van der Waals surface area contributed by atoms with Crippen molar-refractivity contribution in [2.45, 2.75) is 106 Å². The molecule has 7 nitrogen and oxygen atoms in total. The third kappa shape index (κ3) is 7.92. The highest BCUT2D eigenvalue weighted by molar-refractivity contribution is 5.86. The van der Waals surface area contributed by atoms with Crippen molar-refractivity contribution >= 4 is 11.7 Å². The van der Waals surface area contributed by atoms with Gasteiger partial charge in [-0.2, -0.15) is 0 Å². The zero-order chi connectivity index (χ0) is 28.1. The van der Waals surface area contributed by atoms with Crippen LogP contribution in [0.2, 0.25) is 0 Å². The first-order chi connectivity index (χ1) is 17.8. The lowest BCUT2D eigenvalue weighted by Gasteiger charge is -2.41. The van der Waals surface area contributed by atoms with Gasteiger partial charge >= 0.3 is 5.97 Å². The number of carbonyl (C=O) groups excluding carboxylic acids is 1. The number of esters is 1. The van der Waals surface area contributed by atoms with E-state index in [1.54, 1.807) is 6.20 Å². The fourth-order valence-corrected chi connectivity index (χ4v) is 4.62. The summed E-state index contributed by atoms with van der Waals surface area (Å²) in [6.07, 6.45) is 6.65. The van der Waals surface area contributed by atoms with Crippen LogP contribution in [0.5, 0.6) is 5.75 Å². The van der Waals surface area contributed by atoms with Crippen LogP contribution in [0.15, 0.2) is 24.5 Å². The molecule has 0 amide bonds. The number of aryl methyl sites for hydroxylation is 1. The fourth-order valence-electron chi connectivity index (χ4n) is 4.62. The average Bonchev–Trinajstić information content (AvgIpc) is 2.82. The van der Waals surface area contributed by atoms with Crippen LogP contribution in [0, 0.1) is 12.3 Å². The summed E-state index contributed by atoms with van der Waals surface area (Å²) >= 11 is 0. The standard InChI is InChI=1S/C31H47N3O4/c1-10-11-18-36-23-12-13-25(33-19-23)24-20-32-22(4)26(27(24)34-16-14-31(8,9)15-17-34)28(38-30(5,6)7)29(35)37-21(2)3/h12-13,19-21,28H,10-11,14-18H2,1-9H3/t28-/m0/s1. The fraction of sp³-hybridized carbons (Fsp3) is 0.645. The van der Waals surface area contributed by atoms with E-state index in [-0.39, 0.29) is 11.5 Å².